The molecule has 0 bridgehead atoms. The number of nitrogens with one attached hydrogen (secondary N) is 1. The highest BCUT2D eigenvalue weighted by molar-refractivity contribution is 5.95. The highest BCUT2D eigenvalue weighted by Gasteiger charge is 2.34. The predicted octanol–water partition coefficient (Wildman–Crippen LogP) is 3.74. The summed E-state index contributed by atoms with van der Waals surface area (Å²) in [6.45, 7) is 10.0. The van der Waals surface area contributed by atoms with E-state index in [9.17, 15) is 9.18 Å². The fourth-order valence-corrected chi connectivity index (χ4v) is 2.50. The summed E-state index contributed by atoms with van der Waals surface area (Å²) in [5, 5.41) is 2.76. The van der Waals surface area contributed by atoms with Crippen LogP contribution in [0.3, 0.4) is 0 Å². The summed E-state index contributed by atoms with van der Waals surface area (Å²) in [6, 6.07) is 3.36. The van der Waals surface area contributed by atoms with Gasteiger partial charge in [0.15, 0.2) is 0 Å². The lowest BCUT2D eigenvalue weighted by molar-refractivity contribution is -0.117. The van der Waals surface area contributed by atoms with E-state index in [-0.39, 0.29) is 22.6 Å². The Bertz CT molecular complexity index is 512. The van der Waals surface area contributed by atoms with Gasteiger partial charge in [0.2, 0.25) is 5.91 Å². The van der Waals surface area contributed by atoms with Crippen molar-refractivity contribution in [2.45, 2.75) is 51.9 Å². The van der Waals surface area contributed by atoms with Crippen molar-refractivity contribution in [2.75, 3.05) is 5.32 Å². The van der Waals surface area contributed by atoms with E-state index in [0.29, 0.717) is 17.7 Å². The molecule has 0 radical (unpaired) electrons. The van der Waals surface area contributed by atoms with Crippen molar-refractivity contribution in [2.24, 2.45) is 0 Å². The molecule has 98 valence electrons. The van der Waals surface area contributed by atoms with Crippen molar-refractivity contribution in [1.29, 1.82) is 0 Å². The molecule has 0 atom stereocenters. The summed E-state index contributed by atoms with van der Waals surface area (Å²) < 4.78 is 14.1. The van der Waals surface area contributed by atoms with Gasteiger partial charge in [0.25, 0.3) is 0 Å². The van der Waals surface area contributed by atoms with E-state index in [1.54, 1.807) is 0 Å². The molecule has 0 spiro atoms. The number of rotatable bonds is 0. The van der Waals surface area contributed by atoms with Crippen LogP contribution in [0.15, 0.2) is 12.1 Å². The third kappa shape index (κ3) is 2.14. The number of amides is 1. The Kier molecular flexibility index (Phi) is 2.76. The molecule has 18 heavy (non-hydrogen) atoms. The topological polar surface area (TPSA) is 29.1 Å². The number of anilines is 1. The van der Waals surface area contributed by atoms with E-state index in [1.165, 1.54) is 6.07 Å². The lowest BCUT2D eigenvalue weighted by atomic mass is 9.75. The zero-order valence-corrected chi connectivity index (χ0v) is 11.6. The normalized spacial score (nSPS) is 18.2. The zero-order valence-electron chi connectivity index (χ0n) is 11.6. The average molecular weight is 249 g/mol. The van der Waals surface area contributed by atoms with E-state index in [2.05, 4.69) is 5.32 Å². The number of benzene rings is 1. The molecule has 1 N–H and O–H groups in total. The van der Waals surface area contributed by atoms with Gasteiger partial charge < -0.3 is 5.32 Å². The second kappa shape index (κ2) is 3.81. The van der Waals surface area contributed by atoms with Crippen LogP contribution in [0.5, 0.6) is 0 Å². The minimum absolute atomic E-state index is 0.0459. The van der Waals surface area contributed by atoms with Crippen LogP contribution in [-0.4, -0.2) is 5.91 Å². The average Bonchev–Trinajstić information content (AvgIpc) is 2.12. The molecule has 1 aliphatic rings. The summed E-state index contributed by atoms with van der Waals surface area (Å²) in [5.41, 5.74) is 1.85. The van der Waals surface area contributed by atoms with Gasteiger partial charge in [0, 0.05) is 17.5 Å². The number of halogens is 1. The van der Waals surface area contributed by atoms with Crippen molar-refractivity contribution < 1.29 is 9.18 Å². The highest BCUT2D eigenvalue weighted by atomic mass is 19.1. The molecule has 1 aromatic rings. The minimum atomic E-state index is -0.251. The highest BCUT2D eigenvalue weighted by Crippen LogP contribution is 2.40. The molecule has 2 rings (SSSR count). The molecule has 1 aromatic carbocycles. The summed E-state index contributed by atoms with van der Waals surface area (Å²) in [6.07, 6.45) is 0.440. The van der Waals surface area contributed by atoms with Crippen LogP contribution >= 0.6 is 0 Å². The Morgan fingerprint density at radius 1 is 1.28 bits per heavy atom. The maximum absolute atomic E-state index is 14.1. The first-order valence-corrected chi connectivity index (χ1v) is 6.25. The second-order valence-electron chi connectivity index (χ2n) is 6.74. The van der Waals surface area contributed by atoms with Crippen LogP contribution < -0.4 is 5.32 Å². The van der Waals surface area contributed by atoms with Crippen LogP contribution in [0.4, 0.5) is 10.1 Å². The van der Waals surface area contributed by atoms with Gasteiger partial charge in [-0.1, -0.05) is 34.6 Å². The Morgan fingerprint density at radius 2 is 1.89 bits per heavy atom. The van der Waals surface area contributed by atoms with Gasteiger partial charge in [-0.2, -0.15) is 0 Å². The SMILES string of the molecule is CC(C)(C)c1cc2c(cc1F)NC(=O)CC2(C)C. The van der Waals surface area contributed by atoms with Crippen LogP contribution in [0.2, 0.25) is 0 Å². The number of carbonyl (C=O) groups is 1. The van der Waals surface area contributed by atoms with Gasteiger partial charge in [0.1, 0.15) is 5.82 Å². The Hall–Kier alpha value is -1.38. The third-order valence-electron chi connectivity index (χ3n) is 3.52. The van der Waals surface area contributed by atoms with Gasteiger partial charge in [-0.15, -0.1) is 0 Å². The lowest BCUT2D eigenvalue weighted by Crippen LogP contribution is -2.33. The monoisotopic (exact) mass is 249 g/mol. The van der Waals surface area contributed by atoms with Crippen LogP contribution in [0, 0.1) is 5.82 Å². The number of hydrogen-bond acceptors (Lipinski definition) is 1. The smallest absolute Gasteiger partial charge is 0.225 e. The Morgan fingerprint density at radius 3 is 2.44 bits per heavy atom. The zero-order chi connectivity index (χ0) is 13.7. The van der Waals surface area contributed by atoms with Gasteiger partial charge >= 0.3 is 0 Å². The molecule has 0 aliphatic carbocycles. The molecular weight excluding hydrogens is 229 g/mol. The van der Waals surface area contributed by atoms with Gasteiger partial charge in [0.05, 0.1) is 0 Å². The first-order chi connectivity index (χ1) is 8.11. The Balaban J connectivity index is 2.65. The van der Waals surface area contributed by atoms with E-state index in [4.69, 9.17) is 0 Å². The maximum Gasteiger partial charge on any atom is 0.225 e. The van der Waals surface area contributed by atoms with Crippen molar-refractivity contribution in [3.05, 3.63) is 29.1 Å². The lowest BCUT2D eigenvalue weighted by Gasteiger charge is -2.34. The summed E-state index contributed by atoms with van der Waals surface area (Å²) in [7, 11) is 0. The fraction of sp³-hybridized carbons (Fsp3) is 0.533. The molecule has 3 heteroatoms. The molecule has 0 unspecified atom stereocenters. The molecule has 1 amide bonds. The largest absolute Gasteiger partial charge is 0.326 e. The van der Waals surface area contributed by atoms with Gasteiger partial charge in [-0.05, 0) is 28.7 Å². The molecule has 0 aromatic heterocycles. The van der Waals surface area contributed by atoms with Crippen molar-refractivity contribution in [3.8, 4) is 0 Å². The van der Waals surface area contributed by atoms with Gasteiger partial charge in [-0.25, -0.2) is 4.39 Å². The first-order valence-electron chi connectivity index (χ1n) is 6.25. The third-order valence-corrected chi connectivity index (χ3v) is 3.52. The van der Waals surface area contributed by atoms with Gasteiger partial charge in [-0.3, -0.25) is 4.79 Å². The molecule has 1 aliphatic heterocycles. The standard InChI is InChI=1S/C15H20FNO/c1-14(2,3)9-6-10-12(7-11(9)16)17-13(18)8-15(10,4)5/h6-7H,8H2,1-5H3,(H,17,18). The van der Waals surface area contributed by atoms with Crippen molar-refractivity contribution >= 4 is 11.6 Å². The summed E-state index contributed by atoms with van der Waals surface area (Å²) in [4.78, 5) is 11.6. The quantitative estimate of drug-likeness (QED) is 0.745. The molecular formula is C15H20FNO. The molecule has 0 saturated heterocycles. The number of hydrogen-bond donors (Lipinski definition) is 1. The minimum Gasteiger partial charge on any atom is -0.326 e. The molecule has 0 saturated carbocycles. The fourth-order valence-electron chi connectivity index (χ4n) is 2.50. The van der Waals surface area contributed by atoms with E-state index < -0.39 is 0 Å². The van der Waals surface area contributed by atoms with Crippen LogP contribution in [0.25, 0.3) is 0 Å². The molecule has 0 fully saturated rings. The maximum atomic E-state index is 14.1. The van der Waals surface area contributed by atoms with Crippen molar-refractivity contribution in [1.82, 2.24) is 0 Å². The Labute approximate surface area is 108 Å². The van der Waals surface area contributed by atoms with Crippen LogP contribution in [-0.2, 0) is 15.6 Å². The summed E-state index contributed by atoms with van der Waals surface area (Å²) >= 11 is 0. The predicted molar refractivity (Wildman–Crippen MR) is 71.4 cm³/mol. The number of fused-ring (bicyclic) bond motifs is 1. The summed E-state index contributed by atoms with van der Waals surface area (Å²) in [5.74, 6) is -0.297. The number of carbonyl (C=O) groups excluding carboxylic acids is 1. The molecule has 2 nitrogen and oxygen atoms in total. The molecule has 1 heterocycles. The second-order valence-corrected chi connectivity index (χ2v) is 6.74. The van der Waals surface area contributed by atoms with Crippen LogP contribution in [0.1, 0.15) is 52.2 Å². The first kappa shape index (κ1) is 13.1. The van der Waals surface area contributed by atoms with E-state index in [0.717, 1.165) is 5.56 Å². The van der Waals surface area contributed by atoms with E-state index in [1.807, 2.05) is 40.7 Å². The van der Waals surface area contributed by atoms with E-state index >= 15 is 0 Å². The van der Waals surface area contributed by atoms with Crippen molar-refractivity contribution in [3.63, 3.8) is 0 Å².